The average Bonchev–Trinajstić information content (AvgIpc) is 3.19. The normalized spacial score (nSPS) is 11.5. The van der Waals surface area contributed by atoms with Gasteiger partial charge in [0.1, 0.15) is 5.52 Å². The van der Waals surface area contributed by atoms with Crippen molar-refractivity contribution < 1.29 is 17.6 Å². The van der Waals surface area contributed by atoms with E-state index in [4.69, 9.17) is 4.42 Å². The fraction of sp³-hybridized carbons (Fsp3) is 0.130. The van der Waals surface area contributed by atoms with Crippen LogP contribution in [0.15, 0.2) is 87.3 Å². The molecule has 0 aliphatic heterocycles. The Bertz CT molecular complexity index is 1300. The Morgan fingerprint density at radius 1 is 1.00 bits per heavy atom. The maximum absolute atomic E-state index is 12.8. The van der Waals surface area contributed by atoms with E-state index in [2.05, 4.69) is 10.3 Å². The van der Waals surface area contributed by atoms with Crippen LogP contribution in [0.3, 0.4) is 0 Å². The molecule has 0 saturated heterocycles. The molecule has 1 amide bonds. The molecule has 0 bridgehead atoms. The molecule has 1 aromatic heterocycles. The quantitative estimate of drug-likeness (QED) is 0.417. The molecule has 0 radical (unpaired) electrons. The van der Waals surface area contributed by atoms with E-state index in [-0.39, 0.29) is 10.8 Å². The minimum atomic E-state index is -3.24. The first kappa shape index (κ1) is 21.1. The first-order chi connectivity index (χ1) is 14.9. The number of hydrogen-bond acceptors (Lipinski definition) is 6. The van der Waals surface area contributed by atoms with E-state index in [9.17, 15) is 13.2 Å². The second-order valence-electron chi connectivity index (χ2n) is 6.99. The summed E-state index contributed by atoms with van der Waals surface area (Å²) >= 11 is 1.43. The molecule has 4 aromatic rings. The van der Waals surface area contributed by atoms with Crippen molar-refractivity contribution in [1.82, 2.24) is 10.3 Å². The van der Waals surface area contributed by atoms with Gasteiger partial charge in [0.05, 0.1) is 4.90 Å². The summed E-state index contributed by atoms with van der Waals surface area (Å²) in [5.41, 5.74) is 3.81. The molecule has 31 heavy (non-hydrogen) atoms. The maximum Gasteiger partial charge on any atom is 0.257 e. The zero-order valence-corrected chi connectivity index (χ0v) is 18.4. The van der Waals surface area contributed by atoms with Gasteiger partial charge >= 0.3 is 0 Å². The van der Waals surface area contributed by atoms with Crippen LogP contribution < -0.4 is 5.32 Å². The summed E-state index contributed by atoms with van der Waals surface area (Å²) in [7, 11) is -3.24. The van der Waals surface area contributed by atoms with E-state index in [0.29, 0.717) is 23.1 Å². The van der Waals surface area contributed by atoms with Gasteiger partial charge < -0.3 is 9.73 Å². The average molecular weight is 453 g/mol. The SMILES string of the molecule is CS(=O)(=O)c1ccc(CNC(=O)c2ccccc2CSc2nc3ccccc3o2)cc1. The number of carbonyl (C=O) groups is 1. The Morgan fingerprint density at radius 2 is 1.71 bits per heavy atom. The highest BCUT2D eigenvalue weighted by atomic mass is 32.2. The molecule has 1 heterocycles. The third-order valence-corrected chi connectivity index (χ3v) is 6.70. The van der Waals surface area contributed by atoms with Crippen molar-refractivity contribution in [3.05, 3.63) is 89.5 Å². The number of aromatic nitrogens is 1. The molecule has 0 aliphatic carbocycles. The van der Waals surface area contributed by atoms with Gasteiger partial charge in [-0.25, -0.2) is 13.4 Å². The number of nitrogens with one attached hydrogen (secondary N) is 1. The zero-order valence-electron chi connectivity index (χ0n) is 16.7. The summed E-state index contributed by atoms with van der Waals surface area (Å²) in [4.78, 5) is 17.5. The molecule has 0 unspecified atom stereocenters. The highest BCUT2D eigenvalue weighted by molar-refractivity contribution is 7.98. The minimum absolute atomic E-state index is 0.194. The summed E-state index contributed by atoms with van der Waals surface area (Å²) in [6.45, 7) is 0.301. The van der Waals surface area contributed by atoms with Crippen molar-refractivity contribution >= 4 is 38.6 Å². The first-order valence-corrected chi connectivity index (χ1v) is 12.4. The van der Waals surface area contributed by atoms with Crippen molar-refractivity contribution in [2.24, 2.45) is 0 Å². The van der Waals surface area contributed by atoms with Crippen LogP contribution in [0, 0.1) is 0 Å². The number of fused-ring (bicyclic) bond motifs is 1. The number of carbonyl (C=O) groups excluding carboxylic acids is 1. The van der Waals surface area contributed by atoms with Gasteiger partial charge in [0.2, 0.25) is 0 Å². The lowest BCUT2D eigenvalue weighted by Crippen LogP contribution is -2.23. The molecule has 8 heteroatoms. The predicted octanol–water partition coefficient (Wildman–Crippen LogP) is 4.45. The highest BCUT2D eigenvalue weighted by Crippen LogP contribution is 2.27. The summed E-state index contributed by atoms with van der Waals surface area (Å²) in [5, 5.41) is 3.45. The summed E-state index contributed by atoms with van der Waals surface area (Å²) in [6, 6.07) is 21.5. The number of sulfone groups is 1. The Balaban J connectivity index is 1.41. The lowest BCUT2D eigenvalue weighted by Gasteiger charge is -2.10. The molecule has 6 nitrogen and oxygen atoms in total. The number of hydrogen-bond donors (Lipinski definition) is 1. The van der Waals surface area contributed by atoms with Gasteiger partial charge in [-0.05, 0) is 41.5 Å². The standard InChI is InChI=1S/C23H20N2O4S2/c1-31(27,28)18-12-10-16(11-13-18)14-24-22(26)19-7-3-2-6-17(19)15-30-23-25-20-8-4-5-9-21(20)29-23/h2-13H,14-15H2,1H3,(H,24,26). The zero-order chi connectivity index (χ0) is 21.8. The number of benzene rings is 3. The topological polar surface area (TPSA) is 89.3 Å². The van der Waals surface area contributed by atoms with Crippen LogP contribution in [0.1, 0.15) is 21.5 Å². The predicted molar refractivity (Wildman–Crippen MR) is 121 cm³/mol. The molecular formula is C23H20N2O4S2. The van der Waals surface area contributed by atoms with Crippen LogP contribution in [0.5, 0.6) is 0 Å². The van der Waals surface area contributed by atoms with E-state index in [1.54, 1.807) is 30.3 Å². The lowest BCUT2D eigenvalue weighted by atomic mass is 10.1. The summed E-state index contributed by atoms with van der Waals surface area (Å²) in [6.07, 6.45) is 1.17. The van der Waals surface area contributed by atoms with Crippen molar-refractivity contribution in [2.45, 2.75) is 22.4 Å². The number of thioether (sulfide) groups is 1. The first-order valence-electron chi connectivity index (χ1n) is 9.53. The largest absolute Gasteiger partial charge is 0.431 e. The Hall–Kier alpha value is -3.10. The lowest BCUT2D eigenvalue weighted by molar-refractivity contribution is 0.0950. The van der Waals surface area contributed by atoms with Crippen LogP contribution in [0.4, 0.5) is 0 Å². The van der Waals surface area contributed by atoms with Crippen LogP contribution in [0.2, 0.25) is 0 Å². The smallest absolute Gasteiger partial charge is 0.257 e. The van der Waals surface area contributed by atoms with Crippen LogP contribution >= 0.6 is 11.8 Å². The second kappa shape index (κ2) is 8.95. The Morgan fingerprint density at radius 3 is 2.45 bits per heavy atom. The van der Waals surface area contributed by atoms with Gasteiger partial charge in [0.25, 0.3) is 11.1 Å². The van der Waals surface area contributed by atoms with Gasteiger partial charge in [0.15, 0.2) is 15.4 Å². The number of para-hydroxylation sites is 2. The third-order valence-electron chi connectivity index (χ3n) is 4.69. The van der Waals surface area contributed by atoms with E-state index in [0.717, 1.165) is 22.2 Å². The van der Waals surface area contributed by atoms with E-state index < -0.39 is 9.84 Å². The molecule has 0 atom stereocenters. The monoisotopic (exact) mass is 452 g/mol. The molecule has 0 fully saturated rings. The van der Waals surface area contributed by atoms with Gasteiger partial charge in [-0.1, -0.05) is 54.2 Å². The van der Waals surface area contributed by atoms with E-state index in [1.807, 2.05) is 42.5 Å². The molecule has 4 rings (SSSR count). The third kappa shape index (κ3) is 5.15. The van der Waals surface area contributed by atoms with E-state index in [1.165, 1.54) is 18.0 Å². The summed E-state index contributed by atoms with van der Waals surface area (Å²) < 4.78 is 28.9. The second-order valence-corrected chi connectivity index (χ2v) is 9.93. The van der Waals surface area contributed by atoms with Gasteiger partial charge in [0, 0.05) is 24.1 Å². The molecule has 158 valence electrons. The van der Waals surface area contributed by atoms with Crippen molar-refractivity contribution in [3.8, 4) is 0 Å². The molecule has 0 aliphatic rings. The summed E-state index contributed by atoms with van der Waals surface area (Å²) in [5.74, 6) is 0.348. The fourth-order valence-electron chi connectivity index (χ4n) is 3.05. The molecule has 3 aromatic carbocycles. The van der Waals surface area contributed by atoms with Crippen molar-refractivity contribution in [1.29, 1.82) is 0 Å². The van der Waals surface area contributed by atoms with Crippen LogP contribution in [-0.2, 0) is 22.1 Å². The van der Waals surface area contributed by atoms with Crippen LogP contribution in [0.25, 0.3) is 11.1 Å². The maximum atomic E-state index is 12.8. The number of amides is 1. The van der Waals surface area contributed by atoms with Crippen LogP contribution in [-0.4, -0.2) is 25.6 Å². The highest BCUT2D eigenvalue weighted by Gasteiger charge is 2.13. The number of oxazole rings is 1. The van der Waals surface area contributed by atoms with Crippen molar-refractivity contribution in [2.75, 3.05) is 6.26 Å². The molecule has 0 saturated carbocycles. The number of nitrogens with zero attached hydrogens (tertiary/aromatic N) is 1. The van der Waals surface area contributed by atoms with E-state index >= 15 is 0 Å². The van der Waals surface area contributed by atoms with Gasteiger partial charge in [-0.2, -0.15) is 0 Å². The Kier molecular flexibility index (Phi) is 6.11. The van der Waals surface area contributed by atoms with Crippen molar-refractivity contribution in [3.63, 3.8) is 0 Å². The fourth-order valence-corrected chi connectivity index (χ4v) is 4.52. The molecule has 1 N–H and O–H groups in total. The Labute approximate surface area is 184 Å². The molecule has 0 spiro atoms. The van der Waals surface area contributed by atoms with Gasteiger partial charge in [-0.15, -0.1) is 0 Å². The minimum Gasteiger partial charge on any atom is -0.431 e. The van der Waals surface area contributed by atoms with Gasteiger partial charge in [-0.3, -0.25) is 4.79 Å². The molecular weight excluding hydrogens is 432 g/mol. The number of rotatable bonds is 7.